The lowest BCUT2D eigenvalue weighted by molar-refractivity contribution is -0.147. The Bertz CT molecular complexity index is 663. The number of alkyl carbamates (subject to hydrolysis) is 1. The minimum absolute atomic E-state index is 0.166. The highest BCUT2D eigenvalue weighted by Crippen LogP contribution is 2.41. The summed E-state index contributed by atoms with van der Waals surface area (Å²) >= 11 is 0. The third kappa shape index (κ3) is 3.72. The van der Waals surface area contributed by atoms with E-state index in [1.165, 1.54) is 7.11 Å². The van der Waals surface area contributed by atoms with E-state index >= 15 is 0 Å². The van der Waals surface area contributed by atoms with Crippen molar-refractivity contribution < 1.29 is 33.6 Å². The zero-order valence-corrected chi connectivity index (χ0v) is 15.4. The molecule has 0 aliphatic carbocycles. The van der Waals surface area contributed by atoms with Crippen molar-refractivity contribution in [2.24, 2.45) is 0 Å². The molecule has 4 atom stereocenters. The molecule has 0 bridgehead atoms. The van der Waals surface area contributed by atoms with Gasteiger partial charge in [0.05, 0.1) is 32.0 Å². The molecular formula is C18H25NO7. The number of aliphatic hydroxyl groups is 1. The largest absolute Gasteiger partial charge is 0.454 e. The van der Waals surface area contributed by atoms with Crippen molar-refractivity contribution in [2.45, 2.75) is 50.7 Å². The SMILES string of the molecule is COC(=O)NC(CO)[C@@H](c1ccc2c(c1)OCO2)[C@H]1OC(C)(C)O[C@@H]1C. The molecule has 2 aliphatic heterocycles. The number of nitrogens with one attached hydrogen (secondary N) is 1. The van der Waals surface area contributed by atoms with Gasteiger partial charge in [0, 0.05) is 5.92 Å². The second-order valence-corrected chi connectivity index (χ2v) is 6.87. The minimum atomic E-state index is -0.760. The van der Waals surface area contributed by atoms with Gasteiger partial charge in [0.1, 0.15) is 0 Å². The molecule has 1 aromatic rings. The van der Waals surface area contributed by atoms with Gasteiger partial charge in [-0.15, -0.1) is 0 Å². The quantitative estimate of drug-likeness (QED) is 0.819. The third-order valence-electron chi connectivity index (χ3n) is 4.61. The maximum absolute atomic E-state index is 11.8. The molecule has 144 valence electrons. The Balaban J connectivity index is 1.97. The highest BCUT2D eigenvalue weighted by molar-refractivity contribution is 5.67. The number of hydrogen-bond acceptors (Lipinski definition) is 7. The number of aliphatic hydroxyl groups excluding tert-OH is 1. The van der Waals surface area contributed by atoms with Crippen molar-refractivity contribution >= 4 is 6.09 Å². The third-order valence-corrected chi connectivity index (χ3v) is 4.61. The van der Waals surface area contributed by atoms with Gasteiger partial charge < -0.3 is 34.1 Å². The number of fused-ring (bicyclic) bond motifs is 1. The van der Waals surface area contributed by atoms with Gasteiger partial charge in [0.25, 0.3) is 0 Å². The lowest BCUT2D eigenvalue weighted by Crippen LogP contribution is -2.47. The van der Waals surface area contributed by atoms with E-state index in [2.05, 4.69) is 5.32 Å². The van der Waals surface area contributed by atoms with Crippen LogP contribution in [0.15, 0.2) is 18.2 Å². The van der Waals surface area contributed by atoms with Crippen molar-refractivity contribution in [1.82, 2.24) is 5.32 Å². The lowest BCUT2D eigenvalue weighted by atomic mass is 9.84. The van der Waals surface area contributed by atoms with Gasteiger partial charge in [-0.3, -0.25) is 0 Å². The molecule has 26 heavy (non-hydrogen) atoms. The minimum Gasteiger partial charge on any atom is -0.454 e. The van der Waals surface area contributed by atoms with Gasteiger partial charge in [0.2, 0.25) is 6.79 Å². The Morgan fingerprint density at radius 3 is 2.69 bits per heavy atom. The predicted octanol–water partition coefficient (Wildman–Crippen LogP) is 1.76. The molecular weight excluding hydrogens is 342 g/mol. The van der Waals surface area contributed by atoms with Crippen LogP contribution < -0.4 is 14.8 Å². The molecule has 2 aliphatic rings. The smallest absolute Gasteiger partial charge is 0.407 e. The average Bonchev–Trinajstić information content (AvgIpc) is 3.17. The first-order valence-electron chi connectivity index (χ1n) is 8.55. The van der Waals surface area contributed by atoms with E-state index in [0.29, 0.717) is 11.5 Å². The molecule has 2 N–H and O–H groups in total. The van der Waals surface area contributed by atoms with Crippen molar-refractivity contribution in [3.8, 4) is 11.5 Å². The maximum Gasteiger partial charge on any atom is 0.407 e. The Hall–Kier alpha value is -2.03. The molecule has 0 aromatic heterocycles. The second kappa shape index (κ2) is 7.30. The Kier molecular flexibility index (Phi) is 5.27. The Morgan fingerprint density at radius 1 is 1.35 bits per heavy atom. The summed E-state index contributed by atoms with van der Waals surface area (Å²) in [5, 5.41) is 12.6. The van der Waals surface area contributed by atoms with Gasteiger partial charge in [-0.25, -0.2) is 4.79 Å². The van der Waals surface area contributed by atoms with Crippen molar-refractivity contribution in [2.75, 3.05) is 20.5 Å². The van der Waals surface area contributed by atoms with Gasteiger partial charge >= 0.3 is 6.09 Å². The van der Waals surface area contributed by atoms with E-state index in [0.717, 1.165) is 5.56 Å². The van der Waals surface area contributed by atoms with E-state index in [9.17, 15) is 9.90 Å². The molecule has 3 rings (SSSR count). The summed E-state index contributed by atoms with van der Waals surface area (Å²) in [6.07, 6.45) is -1.26. The van der Waals surface area contributed by atoms with Crippen LogP contribution in [0.2, 0.25) is 0 Å². The predicted molar refractivity (Wildman–Crippen MR) is 91.2 cm³/mol. The van der Waals surface area contributed by atoms with Gasteiger partial charge in [-0.05, 0) is 38.5 Å². The number of amides is 1. The van der Waals surface area contributed by atoms with Crippen LogP contribution in [0.25, 0.3) is 0 Å². The van der Waals surface area contributed by atoms with Crippen LogP contribution in [0.4, 0.5) is 4.79 Å². The van der Waals surface area contributed by atoms with Crippen LogP contribution in [0.3, 0.4) is 0 Å². The molecule has 1 saturated heterocycles. The number of hydrogen-bond donors (Lipinski definition) is 2. The van der Waals surface area contributed by atoms with E-state index in [-0.39, 0.29) is 31.5 Å². The standard InChI is InChI=1S/C18H25NO7/c1-10-16(26-18(2,3)25-10)15(12(8-20)19-17(21)22-4)11-5-6-13-14(7-11)24-9-23-13/h5-7,10,12,15-16,20H,8-9H2,1-4H3,(H,19,21)/t10-,12?,15-,16+/m1/s1. The van der Waals surface area contributed by atoms with Crippen LogP contribution in [0.1, 0.15) is 32.3 Å². The highest BCUT2D eigenvalue weighted by atomic mass is 16.8. The van der Waals surface area contributed by atoms with Crippen molar-refractivity contribution in [1.29, 1.82) is 0 Å². The summed E-state index contributed by atoms with van der Waals surface area (Å²) in [6.45, 7) is 5.46. The monoisotopic (exact) mass is 367 g/mol. The normalized spacial score (nSPS) is 25.6. The lowest BCUT2D eigenvalue weighted by Gasteiger charge is -2.32. The van der Waals surface area contributed by atoms with Crippen LogP contribution in [0.5, 0.6) is 11.5 Å². The van der Waals surface area contributed by atoms with Crippen LogP contribution in [-0.2, 0) is 14.2 Å². The molecule has 2 heterocycles. The van der Waals surface area contributed by atoms with Crippen LogP contribution in [0, 0.1) is 0 Å². The van der Waals surface area contributed by atoms with Gasteiger partial charge in [0.15, 0.2) is 17.3 Å². The number of carbonyl (C=O) groups is 1. The molecule has 0 radical (unpaired) electrons. The number of carbonyl (C=O) groups excluding carboxylic acids is 1. The van der Waals surface area contributed by atoms with E-state index in [1.54, 1.807) is 0 Å². The Labute approximate surface area is 152 Å². The molecule has 1 unspecified atom stereocenters. The number of methoxy groups -OCH3 is 1. The molecule has 0 saturated carbocycles. The van der Waals surface area contributed by atoms with Crippen LogP contribution >= 0.6 is 0 Å². The van der Waals surface area contributed by atoms with E-state index in [4.69, 9.17) is 23.7 Å². The number of benzene rings is 1. The molecule has 1 aromatic carbocycles. The molecule has 0 spiro atoms. The average molecular weight is 367 g/mol. The van der Waals surface area contributed by atoms with E-state index < -0.39 is 17.9 Å². The summed E-state index contributed by atoms with van der Waals surface area (Å²) in [7, 11) is 1.28. The number of ether oxygens (including phenoxy) is 5. The first-order chi connectivity index (χ1) is 12.3. The fraction of sp³-hybridized carbons (Fsp3) is 0.611. The zero-order chi connectivity index (χ0) is 18.9. The van der Waals surface area contributed by atoms with Crippen molar-refractivity contribution in [3.05, 3.63) is 23.8 Å². The molecule has 8 nitrogen and oxygen atoms in total. The second-order valence-electron chi connectivity index (χ2n) is 6.87. The first kappa shape index (κ1) is 18.8. The molecule has 8 heteroatoms. The molecule has 1 fully saturated rings. The Morgan fingerprint density at radius 2 is 2.08 bits per heavy atom. The first-order valence-corrected chi connectivity index (χ1v) is 8.55. The summed E-state index contributed by atoms with van der Waals surface area (Å²) in [5.74, 6) is 0.133. The summed E-state index contributed by atoms with van der Waals surface area (Å²) in [5.41, 5.74) is 0.836. The highest BCUT2D eigenvalue weighted by Gasteiger charge is 2.46. The summed E-state index contributed by atoms with van der Waals surface area (Å²) in [4.78, 5) is 11.8. The van der Waals surface area contributed by atoms with Gasteiger partial charge in [-0.1, -0.05) is 6.07 Å². The zero-order valence-electron chi connectivity index (χ0n) is 15.4. The number of rotatable bonds is 5. The molecule has 1 amide bonds. The topological polar surface area (TPSA) is 95.5 Å². The summed E-state index contributed by atoms with van der Waals surface area (Å²) < 4.78 is 27.5. The fourth-order valence-corrected chi connectivity index (χ4v) is 3.56. The van der Waals surface area contributed by atoms with Crippen molar-refractivity contribution in [3.63, 3.8) is 0 Å². The van der Waals surface area contributed by atoms with Gasteiger partial charge in [-0.2, -0.15) is 0 Å². The maximum atomic E-state index is 11.8. The fourth-order valence-electron chi connectivity index (χ4n) is 3.56. The summed E-state index contributed by atoms with van der Waals surface area (Å²) in [6, 6.07) is 4.90. The van der Waals surface area contributed by atoms with Crippen LogP contribution in [-0.4, -0.2) is 55.7 Å². The van der Waals surface area contributed by atoms with E-state index in [1.807, 2.05) is 39.0 Å².